The number of rotatable bonds is 2. The topological polar surface area (TPSA) is 41.1 Å². The normalized spacial score (nSPS) is 13.5. The van der Waals surface area contributed by atoms with E-state index in [2.05, 4.69) is 31.2 Å². The predicted octanol–water partition coefficient (Wildman–Crippen LogP) is 3.11. The summed E-state index contributed by atoms with van der Waals surface area (Å²) in [5, 5.41) is 3.00. The van der Waals surface area contributed by atoms with E-state index in [4.69, 9.17) is 0 Å². The zero-order valence-electron chi connectivity index (χ0n) is 10.3. The molecule has 2 aromatic rings. The number of halogens is 2. The van der Waals surface area contributed by atoms with Gasteiger partial charge >= 0.3 is 0 Å². The molecule has 1 aliphatic heterocycles. The summed E-state index contributed by atoms with van der Waals surface area (Å²) < 4.78 is 14.2. The molecule has 0 amide bonds. The maximum atomic E-state index is 13.4. The van der Waals surface area contributed by atoms with Crippen molar-refractivity contribution in [2.24, 2.45) is 0 Å². The third-order valence-electron chi connectivity index (χ3n) is 3.21. The minimum absolute atomic E-state index is 0.232. The summed E-state index contributed by atoms with van der Waals surface area (Å²) in [6.07, 6.45) is 2.39. The van der Waals surface area contributed by atoms with E-state index < -0.39 is 0 Å². The van der Waals surface area contributed by atoms with Crippen molar-refractivity contribution in [2.45, 2.75) is 6.42 Å². The Morgan fingerprint density at radius 3 is 3.00 bits per heavy atom. The van der Waals surface area contributed by atoms with E-state index >= 15 is 0 Å². The number of nitrogens with zero attached hydrogens (tertiary/aromatic N) is 3. The fraction of sp³-hybridized carbons (Fsp3) is 0.231. The lowest BCUT2D eigenvalue weighted by Crippen LogP contribution is -2.16. The van der Waals surface area contributed by atoms with Gasteiger partial charge in [-0.1, -0.05) is 6.07 Å². The largest absolute Gasteiger partial charge is 0.372 e. The van der Waals surface area contributed by atoms with Crippen LogP contribution in [0.2, 0.25) is 0 Å². The molecule has 1 aromatic heterocycles. The van der Waals surface area contributed by atoms with Gasteiger partial charge in [0, 0.05) is 19.3 Å². The summed E-state index contributed by atoms with van der Waals surface area (Å²) in [5.41, 5.74) is 2.01. The van der Waals surface area contributed by atoms with Gasteiger partial charge < -0.3 is 10.2 Å². The molecule has 1 aromatic carbocycles. The first-order chi connectivity index (χ1) is 9.20. The quantitative estimate of drug-likeness (QED) is 0.922. The lowest BCUT2D eigenvalue weighted by Gasteiger charge is -2.20. The highest BCUT2D eigenvalue weighted by molar-refractivity contribution is 9.10. The van der Waals surface area contributed by atoms with Crippen LogP contribution in [0.25, 0.3) is 0 Å². The molecule has 0 bridgehead atoms. The molecule has 0 radical (unpaired) electrons. The lowest BCUT2D eigenvalue weighted by molar-refractivity contribution is 0.628. The molecule has 0 unspecified atom stereocenters. The van der Waals surface area contributed by atoms with Crippen LogP contribution in [-0.4, -0.2) is 23.6 Å². The Morgan fingerprint density at radius 1 is 1.37 bits per heavy atom. The second-order valence-electron chi connectivity index (χ2n) is 4.28. The maximum absolute atomic E-state index is 13.4. The van der Waals surface area contributed by atoms with Crippen LogP contribution in [0.4, 0.5) is 21.7 Å². The van der Waals surface area contributed by atoms with Crippen LogP contribution in [0, 0.1) is 5.82 Å². The number of hydrogen-bond acceptors (Lipinski definition) is 4. The second-order valence-corrected chi connectivity index (χ2v) is 5.08. The average Bonchev–Trinajstić information content (AvgIpc) is 2.82. The molecule has 1 N–H and O–H groups in total. The Morgan fingerprint density at radius 2 is 2.21 bits per heavy atom. The fourth-order valence-corrected chi connectivity index (χ4v) is 2.91. The van der Waals surface area contributed by atoms with Crippen molar-refractivity contribution < 1.29 is 4.39 Å². The third-order valence-corrected chi connectivity index (χ3v) is 3.94. The molecule has 19 heavy (non-hydrogen) atoms. The molecule has 0 fully saturated rings. The van der Waals surface area contributed by atoms with Gasteiger partial charge in [-0.2, -0.15) is 0 Å². The van der Waals surface area contributed by atoms with E-state index in [1.165, 1.54) is 12.4 Å². The first-order valence-corrected chi connectivity index (χ1v) is 6.74. The van der Waals surface area contributed by atoms with Crippen LogP contribution in [0.15, 0.2) is 29.0 Å². The molecule has 0 spiro atoms. The van der Waals surface area contributed by atoms with Gasteiger partial charge in [-0.15, -0.1) is 0 Å². The third kappa shape index (κ3) is 2.06. The zero-order chi connectivity index (χ0) is 13.4. The molecule has 0 aliphatic carbocycles. The van der Waals surface area contributed by atoms with E-state index in [1.54, 1.807) is 13.1 Å². The summed E-state index contributed by atoms with van der Waals surface area (Å²) in [4.78, 5) is 10.4. The molecule has 6 heteroatoms. The zero-order valence-corrected chi connectivity index (χ0v) is 11.9. The maximum Gasteiger partial charge on any atom is 0.152 e. The molecular formula is C13H12BrFN4. The van der Waals surface area contributed by atoms with Crippen LogP contribution >= 0.6 is 15.9 Å². The molecule has 1 aliphatic rings. The SMILES string of the molecule is CNc1ncnc(N2CCc3ccc(F)cc32)c1Br. The standard InChI is InChI=1S/C13H12BrFN4/c1-16-12-11(14)13(18-7-17-12)19-5-4-8-2-3-9(15)6-10(8)19/h2-3,6-7H,4-5H2,1H3,(H,16,17,18). The number of nitrogens with one attached hydrogen (secondary N) is 1. The molecule has 98 valence electrons. The van der Waals surface area contributed by atoms with Crippen molar-refractivity contribution in [1.29, 1.82) is 0 Å². The minimum atomic E-state index is -0.232. The highest BCUT2D eigenvalue weighted by Gasteiger charge is 2.24. The molecular weight excluding hydrogens is 311 g/mol. The van der Waals surface area contributed by atoms with Crippen molar-refractivity contribution in [1.82, 2.24) is 9.97 Å². The van der Waals surface area contributed by atoms with Gasteiger partial charge in [-0.3, -0.25) is 0 Å². The smallest absolute Gasteiger partial charge is 0.152 e. The lowest BCUT2D eigenvalue weighted by atomic mass is 10.2. The summed E-state index contributed by atoms with van der Waals surface area (Å²) in [6, 6.07) is 4.88. The van der Waals surface area contributed by atoms with Gasteiger partial charge in [-0.25, -0.2) is 14.4 Å². The predicted molar refractivity (Wildman–Crippen MR) is 76.4 cm³/mol. The first kappa shape index (κ1) is 12.3. The van der Waals surface area contributed by atoms with Gasteiger partial charge in [-0.05, 0) is 40.0 Å². The number of anilines is 3. The number of aromatic nitrogens is 2. The molecule has 3 rings (SSSR count). The molecule has 2 heterocycles. The van der Waals surface area contributed by atoms with E-state index in [-0.39, 0.29) is 5.82 Å². The monoisotopic (exact) mass is 322 g/mol. The number of benzene rings is 1. The molecule has 0 saturated heterocycles. The van der Waals surface area contributed by atoms with Gasteiger partial charge in [0.1, 0.15) is 22.4 Å². The fourth-order valence-electron chi connectivity index (χ4n) is 2.30. The molecule has 4 nitrogen and oxygen atoms in total. The highest BCUT2D eigenvalue weighted by Crippen LogP contribution is 2.38. The van der Waals surface area contributed by atoms with Crippen LogP contribution in [-0.2, 0) is 6.42 Å². The second kappa shape index (κ2) is 4.77. The summed E-state index contributed by atoms with van der Waals surface area (Å²) >= 11 is 3.50. The Hall–Kier alpha value is -1.69. The minimum Gasteiger partial charge on any atom is -0.372 e. The van der Waals surface area contributed by atoms with Crippen molar-refractivity contribution >= 4 is 33.3 Å². The Labute approximate surface area is 118 Å². The van der Waals surface area contributed by atoms with Crippen molar-refractivity contribution in [3.8, 4) is 0 Å². The Bertz CT molecular complexity index is 632. The van der Waals surface area contributed by atoms with E-state index in [1.807, 2.05) is 11.0 Å². The van der Waals surface area contributed by atoms with Crippen molar-refractivity contribution in [3.63, 3.8) is 0 Å². The molecule has 0 saturated carbocycles. The Kier molecular flexibility index (Phi) is 3.10. The number of fused-ring (bicyclic) bond motifs is 1. The summed E-state index contributed by atoms with van der Waals surface area (Å²) in [6.45, 7) is 0.789. The van der Waals surface area contributed by atoms with Gasteiger partial charge in [0.25, 0.3) is 0 Å². The van der Waals surface area contributed by atoms with E-state index in [0.29, 0.717) is 0 Å². The highest BCUT2D eigenvalue weighted by atomic mass is 79.9. The first-order valence-electron chi connectivity index (χ1n) is 5.95. The van der Waals surface area contributed by atoms with Crippen molar-refractivity contribution in [2.75, 3.05) is 23.8 Å². The number of hydrogen-bond donors (Lipinski definition) is 1. The van der Waals surface area contributed by atoms with Gasteiger partial charge in [0.2, 0.25) is 0 Å². The van der Waals surface area contributed by atoms with Crippen LogP contribution in [0.1, 0.15) is 5.56 Å². The van der Waals surface area contributed by atoms with Crippen LogP contribution in [0.3, 0.4) is 0 Å². The van der Waals surface area contributed by atoms with Crippen molar-refractivity contribution in [3.05, 3.63) is 40.4 Å². The van der Waals surface area contributed by atoms with Crippen LogP contribution in [0.5, 0.6) is 0 Å². The average molecular weight is 323 g/mol. The van der Waals surface area contributed by atoms with Gasteiger partial charge in [0.15, 0.2) is 5.82 Å². The van der Waals surface area contributed by atoms with E-state index in [9.17, 15) is 4.39 Å². The Balaban J connectivity index is 2.09. The summed E-state index contributed by atoms with van der Waals surface area (Å²) in [7, 11) is 1.80. The summed E-state index contributed by atoms with van der Waals surface area (Å²) in [5.74, 6) is 1.24. The van der Waals surface area contributed by atoms with E-state index in [0.717, 1.165) is 40.3 Å². The van der Waals surface area contributed by atoms with Crippen LogP contribution < -0.4 is 10.2 Å². The molecule has 0 atom stereocenters. The van der Waals surface area contributed by atoms with Gasteiger partial charge in [0.05, 0.1) is 0 Å².